The molecule has 3 aromatic carbocycles. The smallest absolute Gasteiger partial charge is 0.269 e. The summed E-state index contributed by atoms with van der Waals surface area (Å²) in [6.45, 7) is 0.122. The highest BCUT2D eigenvalue weighted by atomic mass is 19.1. The maximum atomic E-state index is 13.5. The molecule has 6 heteroatoms. The van der Waals surface area contributed by atoms with Crippen molar-refractivity contribution in [1.29, 1.82) is 0 Å². The highest BCUT2D eigenvalue weighted by Crippen LogP contribution is 2.44. The predicted molar refractivity (Wildman–Crippen MR) is 110 cm³/mol. The summed E-state index contributed by atoms with van der Waals surface area (Å²) < 4.78 is 18.8. The highest BCUT2D eigenvalue weighted by molar-refractivity contribution is 6.09. The highest BCUT2D eigenvalue weighted by Gasteiger charge is 2.52. The van der Waals surface area contributed by atoms with E-state index >= 15 is 0 Å². The van der Waals surface area contributed by atoms with Crippen molar-refractivity contribution >= 4 is 22.6 Å². The maximum Gasteiger partial charge on any atom is 0.269 e. The molecule has 0 saturated carbocycles. The van der Waals surface area contributed by atoms with Gasteiger partial charge < -0.3 is 14.4 Å². The molecule has 0 unspecified atom stereocenters. The minimum atomic E-state index is -2.18. The SMILES string of the molecule is O=C1N(Cc2ccc(F)cc2)c2ccccc2[C@@]1(O)c1coc2ccccc2c1=O. The summed E-state index contributed by atoms with van der Waals surface area (Å²) in [5.74, 6) is -1.03. The van der Waals surface area contributed by atoms with E-state index in [1.54, 1.807) is 60.7 Å². The van der Waals surface area contributed by atoms with Crippen molar-refractivity contribution in [2.75, 3.05) is 4.90 Å². The fraction of sp³-hybridized carbons (Fsp3) is 0.0833. The van der Waals surface area contributed by atoms with E-state index in [4.69, 9.17) is 4.42 Å². The molecule has 0 radical (unpaired) electrons. The van der Waals surface area contributed by atoms with Crippen molar-refractivity contribution in [3.63, 3.8) is 0 Å². The molecule has 1 N–H and O–H groups in total. The number of aliphatic hydroxyl groups is 1. The van der Waals surface area contributed by atoms with Crippen molar-refractivity contribution in [2.24, 2.45) is 0 Å². The van der Waals surface area contributed by atoms with Gasteiger partial charge in [-0.25, -0.2) is 4.39 Å². The Morgan fingerprint density at radius 2 is 1.60 bits per heavy atom. The van der Waals surface area contributed by atoms with Crippen molar-refractivity contribution in [3.8, 4) is 0 Å². The third kappa shape index (κ3) is 2.58. The number of halogens is 1. The first-order valence-corrected chi connectivity index (χ1v) is 9.39. The molecule has 1 aliphatic heterocycles. The van der Waals surface area contributed by atoms with E-state index in [2.05, 4.69) is 0 Å². The van der Waals surface area contributed by atoms with Crippen molar-refractivity contribution in [1.82, 2.24) is 0 Å². The Morgan fingerprint density at radius 3 is 2.40 bits per heavy atom. The summed E-state index contributed by atoms with van der Waals surface area (Å²) in [6, 6.07) is 19.2. The number of hydrogen-bond acceptors (Lipinski definition) is 4. The molecule has 0 spiro atoms. The average molecular weight is 401 g/mol. The molecule has 1 aromatic heterocycles. The molecule has 4 aromatic rings. The average Bonchev–Trinajstić information content (AvgIpc) is 2.98. The van der Waals surface area contributed by atoms with Gasteiger partial charge in [-0.3, -0.25) is 9.59 Å². The summed E-state index contributed by atoms with van der Waals surface area (Å²) in [7, 11) is 0. The van der Waals surface area contributed by atoms with Gasteiger partial charge in [0.25, 0.3) is 5.91 Å². The molecule has 5 rings (SSSR count). The van der Waals surface area contributed by atoms with E-state index in [1.165, 1.54) is 17.0 Å². The van der Waals surface area contributed by atoms with Crippen LogP contribution in [0.1, 0.15) is 16.7 Å². The summed E-state index contributed by atoms with van der Waals surface area (Å²) >= 11 is 0. The molecule has 5 nitrogen and oxygen atoms in total. The Labute approximate surface area is 170 Å². The van der Waals surface area contributed by atoms with E-state index in [9.17, 15) is 19.1 Å². The van der Waals surface area contributed by atoms with Crippen LogP contribution in [-0.2, 0) is 16.9 Å². The first-order chi connectivity index (χ1) is 14.5. The van der Waals surface area contributed by atoms with Gasteiger partial charge in [0, 0.05) is 5.56 Å². The lowest BCUT2D eigenvalue weighted by atomic mass is 9.88. The number of nitrogens with zero attached hydrogens (tertiary/aromatic N) is 1. The van der Waals surface area contributed by atoms with Crippen LogP contribution in [0.4, 0.5) is 10.1 Å². The molecule has 0 bridgehead atoms. The number of rotatable bonds is 3. The normalized spacial score (nSPS) is 18.1. The summed E-state index contributed by atoms with van der Waals surface area (Å²) in [5.41, 5.74) is -0.930. The summed E-state index contributed by atoms with van der Waals surface area (Å²) in [5, 5.41) is 11.9. The lowest BCUT2D eigenvalue weighted by Gasteiger charge is -2.23. The van der Waals surface area contributed by atoms with Crippen LogP contribution in [0.3, 0.4) is 0 Å². The Morgan fingerprint density at radius 1 is 0.900 bits per heavy atom. The second kappa shape index (κ2) is 6.64. The van der Waals surface area contributed by atoms with Gasteiger partial charge in [-0.2, -0.15) is 0 Å². The lowest BCUT2D eigenvalue weighted by molar-refractivity contribution is -0.132. The number of carbonyl (C=O) groups is 1. The molecule has 1 atom stereocenters. The van der Waals surface area contributed by atoms with Gasteiger partial charge in [-0.15, -0.1) is 0 Å². The van der Waals surface area contributed by atoms with Gasteiger partial charge in [0.2, 0.25) is 5.60 Å². The second-order valence-electron chi connectivity index (χ2n) is 7.22. The van der Waals surface area contributed by atoms with Crippen molar-refractivity contribution in [2.45, 2.75) is 12.1 Å². The topological polar surface area (TPSA) is 70.8 Å². The number of benzene rings is 3. The van der Waals surface area contributed by atoms with Crippen molar-refractivity contribution < 1.29 is 18.7 Å². The zero-order valence-corrected chi connectivity index (χ0v) is 15.7. The molecular formula is C24H16FNO4. The summed E-state index contributed by atoms with van der Waals surface area (Å²) in [6.07, 6.45) is 1.15. The zero-order valence-electron chi connectivity index (χ0n) is 15.7. The van der Waals surface area contributed by atoms with Crippen LogP contribution in [0, 0.1) is 5.82 Å². The Hall–Kier alpha value is -3.77. The van der Waals surface area contributed by atoms with Crippen LogP contribution >= 0.6 is 0 Å². The van der Waals surface area contributed by atoms with E-state index < -0.39 is 16.9 Å². The summed E-state index contributed by atoms with van der Waals surface area (Å²) in [4.78, 5) is 28.0. The molecule has 30 heavy (non-hydrogen) atoms. The fourth-order valence-electron chi connectivity index (χ4n) is 3.95. The second-order valence-corrected chi connectivity index (χ2v) is 7.22. The number of fused-ring (bicyclic) bond motifs is 2. The molecule has 0 aliphatic carbocycles. The maximum absolute atomic E-state index is 13.5. The number of hydrogen-bond donors (Lipinski definition) is 1. The Bertz CT molecular complexity index is 1350. The molecule has 0 fully saturated rings. The zero-order chi connectivity index (χ0) is 20.9. The van der Waals surface area contributed by atoms with Gasteiger partial charge in [-0.1, -0.05) is 42.5 Å². The predicted octanol–water partition coefficient (Wildman–Crippen LogP) is 3.71. The Kier molecular flexibility index (Phi) is 4.04. The van der Waals surface area contributed by atoms with Crippen LogP contribution in [-0.4, -0.2) is 11.0 Å². The molecule has 1 aliphatic rings. The fourth-order valence-corrected chi connectivity index (χ4v) is 3.95. The quantitative estimate of drug-likeness (QED) is 0.568. The first kappa shape index (κ1) is 18.3. The van der Waals surface area contributed by atoms with Gasteiger partial charge in [-0.05, 0) is 35.9 Å². The number of anilines is 1. The molecule has 0 saturated heterocycles. The largest absolute Gasteiger partial charge is 0.464 e. The lowest BCUT2D eigenvalue weighted by Crippen LogP contribution is -2.43. The molecule has 148 valence electrons. The first-order valence-electron chi connectivity index (χ1n) is 9.39. The Balaban J connectivity index is 1.67. The van der Waals surface area contributed by atoms with Crippen molar-refractivity contribution in [3.05, 3.63) is 112 Å². The van der Waals surface area contributed by atoms with E-state index in [0.29, 0.717) is 22.4 Å². The van der Waals surface area contributed by atoms with Gasteiger partial charge in [0.1, 0.15) is 17.7 Å². The minimum Gasteiger partial charge on any atom is -0.464 e. The molecule has 2 heterocycles. The molecule has 1 amide bonds. The van der Waals surface area contributed by atoms with E-state index in [0.717, 1.165) is 6.26 Å². The third-order valence-corrected chi connectivity index (χ3v) is 5.46. The van der Waals surface area contributed by atoms with Gasteiger partial charge in [0.05, 0.1) is 23.2 Å². The van der Waals surface area contributed by atoms with Crippen LogP contribution in [0.25, 0.3) is 11.0 Å². The minimum absolute atomic E-state index is 0.122. The van der Waals surface area contributed by atoms with Crippen LogP contribution < -0.4 is 10.3 Å². The standard InChI is InChI=1S/C24H16FNO4/c25-16-11-9-15(10-12-16)13-26-20-7-3-2-6-18(20)24(29,23(26)28)19-14-30-21-8-4-1-5-17(21)22(19)27/h1-12,14,29H,13H2/t24-/m1/s1. The number of para-hydroxylation sites is 2. The van der Waals surface area contributed by atoms with Crippen LogP contribution in [0.2, 0.25) is 0 Å². The van der Waals surface area contributed by atoms with Crippen LogP contribution in [0.5, 0.6) is 0 Å². The molecular weight excluding hydrogens is 385 g/mol. The van der Waals surface area contributed by atoms with Gasteiger partial charge in [0.15, 0.2) is 5.43 Å². The number of amides is 1. The number of carbonyl (C=O) groups excluding carboxylic acids is 1. The van der Waals surface area contributed by atoms with E-state index in [-0.39, 0.29) is 23.3 Å². The van der Waals surface area contributed by atoms with Crippen LogP contribution in [0.15, 0.2) is 88.3 Å². The monoisotopic (exact) mass is 401 g/mol. The van der Waals surface area contributed by atoms with Gasteiger partial charge >= 0.3 is 0 Å². The van der Waals surface area contributed by atoms with E-state index in [1.807, 2.05) is 0 Å². The third-order valence-electron chi connectivity index (χ3n) is 5.46.